The fourth-order valence-corrected chi connectivity index (χ4v) is 3.18. The summed E-state index contributed by atoms with van der Waals surface area (Å²) in [6.45, 7) is 6.58. The van der Waals surface area contributed by atoms with E-state index in [-0.39, 0.29) is 24.5 Å². The van der Waals surface area contributed by atoms with Crippen molar-refractivity contribution in [2.45, 2.75) is 51.7 Å². The van der Waals surface area contributed by atoms with E-state index in [0.29, 0.717) is 30.3 Å². The predicted molar refractivity (Wildman–Crippen MR) is 88.5 cm³/mol. The summed E-state index contributed by atoms with van der Waals surface area (Å²) in [5, 5.41) is 0. The molecule has 2 aliphatic heterocycles. The third-order valence-corrected chi connectivity index (χ3v) is 4.19. The number of fused-ring (bicyclic) bond motifs is 1. The van der Waals surface area contributed by atoms with Gasteiger partial charge in [-0.25, -0.2) is 14.8 Å². The minimum absolute atomic E-state index is 0.0479. The van der Waals surface area contributed by atoms with E-state index < -0.39 is 5.60 Å². The lowest BCUT2D eigenvalue weighted by Crippen LogP contribution is -2.52. The zero-order valence-corrected chi connectivity index (χ0v) is 14.3. The average Bonchev–Trinajstić information content (AvgIpc) is 2.83. The van der Waals surface area contributed by atoms with Crippen LogP contribution in [0.2, 0.25) is 0 Å². The minimum atomic E-state index is -0.540. The molecule has 24 heavy (non-hydrogen) atoms. The highest BCUT2D eigenvalue weighted by molar-refractivity contribution is 6.02. The number of hydrogen-bond acceptors (Lipinski definition) is 6. The van der Waals surface area contributed by atoms with Crippen LogP contribution in [0.15, 0.2) is 6.33 Å². The molecule has 0 bridgehead atoms. The normalized spacial score (nSPS) is 21.0. The maximum atomic E-state index is 12.5. The molecule has 2 N–H and O–H groups in total. The van der Waals surface area contributed by atoms with Crippen molar-refractivity contribution in [3.63, 3.8) is 0 Å². The van der Waals surface area contributed by atoms with Crippen molar-refractivity contribution in [3.05, 3.63) is 11.9 Å². The van der Waals surface area contributed by atoms with E-state index in [1.807, 2.05) is 20.8 Å². The van der Waals surface area contributed by atoms with Crippen LogP contribution < -0.4 is 10.6 Å². The fourth-order valence-electron chi connectivity index (χ4n) is 3.18. The van der Waals surface area contributed by atoms with Gasteiger partial charge in [0.05, 0.1) is 12.5 Å². The Morgan fingerprint density at radius 1 is 1.38 bits per heavy atom. The summed E-state index contributed by atoms with van der Waals surface area (Å²) in [4.78, 5) is 36.3. The highest BCUT2D eigenvalue weighted by atomic mass is 16.6. The number of ether oxygens (including phenoxy) is 1. The van der Waals surface area contributed by atoms with E-state index in [9.17, 15) is 9.59 Å². The number of nitrogen functional groups attached to an aromatic ring is 1. The number of rotatable bonds is 1. The Morgan fingerprint density at radius 2 is 2.12 bits per heavy atom. The van der Waals surface area contributed by atoms with Crippen molar-refractivity contribution in [3.8, 4) is 0 Å². The first-order valence-electron chi connectivity index (χ1n) is 8.15. The van der Waals surface area contributed by atoms with E-state index in [2.05, 4.69) is 9.97 Å². The first-order chi connectivity index (χ1) is 11.3. The molecule has 2 amide bonds. The highest BCUT2D eigenvalue weighted by Gasteiger charge is 2.39. The third-order valence-electron chi connectivity index (χ3n) is 4.19. The molecule has 1 aromatic rings. The van der Waals surface area contributed by atoms with E-state index in [1.54, 1.807) is 9.80 Å². The lowest BCUT2D eigenvalue weighted by Gasteiger charge is -2.37. The van der Waals surface area contributed by atoms with Crippen LogP contribution >= 0.6 is 0 Å². The number of nitrogens with two attached hydrogens (primary N) is 1. The second-order valence-electron chi connectivity index (χ2n) is 7.22. The summed E-state index contributed by atoms with van der Waals surface area (Å²) in [6.07, 6.45) is 2.86. The van der Waals surface area contributed by atoms with Gasteiger partial charge in [-0.05, 0) is 33.6 Å². The van der Waals surface area contributed by atoms with Crippen LogP contribution in [0, 0.1) is 0 Å². The van der Waals surface area contributed by atoms with E-state index in [0.717, 1.165) is 12.8 Å². The smallest absolute Gasteiger partial charge is 0.410 e. The maximum Gasteiger partial charge on any atom is 0.410 e. The molecule has 0 unspecified atom stereocenters. The van der Waals surface area contributed by atoms with Crippen LogP contribution in [-0.4, -0.2) is 51.6 Å². The number of amides is 2. The van der Waals surface area contributed by atoms with Crippen molar-refractivity contribution in [1.82, 2.24) is 14.9 Å². The molecule has 8 nitrogen and oxygen atoms in total. The Balaban J connectivity index is 1.78. The number of anilines is 2. The predicted octanol–water partition coefficient (Wildman–Crippen LogP) is 1.35. The molecule has 2 aliphatic rings. The van der Waals surface area contributed by atoms with Gasteiger partial charge in [0.15, 0.2) is 0 Å². The van der Waals surface area contributed by atoms with Crippen molar-refractivity contribution in [1.29, 1.82) is 0 Å². The number of aromatic nitrogens is 2. The van der Waals surface area contributed by atoms with E-state index >= 15 is 0 Å². The van der Waals surface area contributed by atoms with Gasteiger partial charge < -0.3 is 15.4 Å². The van der Waals surface area contributed by atoms with Gasteiger partial charge in [-0.1, -0.05) is 0 Å². The maximum absolute atomic E-state index is 12.5. The SMILES string of the molecule is CC(C)(C)OC(=O)N1CCC[C@@H](N2C(=O)Cc3c(N)ncnc32)C1. The van der Waals surface area contributed by atoms with Gasteiger partial charge in [0.2, 0.25) is 5.91 Å². The Bertz CT molecular complexity index is 670. The average molecular weight is 333 g/mol. The largest absolute Gasteiger partial charge is 0.444 e. The van der Waals surface area contributed by atoms with E-state index in [4.69, 9.17) is 10.5 Å². The van der Waals surface area contributed by atoms with Gasteiger partial charge in [0.1, 0.15) is 23.6 Å². The fraction of sp³-hybridized carbons (Fsp3) is 0.625. The second-order valence-corrected chi connectivity index (χ2v) is 7.22. The third kappa shape index (κ3) is 3.13. The molecular weight excluding hydrogens is 310 g/mol. The minimum Gasteiger partial charge on any atom is -0.444 e. The molecule has 0 aliphatic carbocycles. The molecule has 1 fully saturated rings. The van der Waals surface area contributed by atoms with Crippen molar-refractivity contribution >= 4 is 23.6 Å². The molecule has 8 heteroatoms. The zero-order valence-electron chi connectivity index (χ0n) is 14.3. The molecule has 1 atom stereocenters. The van der Waals surface area contributed by atoms with Gasteiger partial charge in [0, 0.05) is 18.7 Å². The van der Waals surface area contributed by atoms with Crippen LogP contribution in [0.1, 0.15) is 39.2 Å². The number of nitrogens with zero attached hydrogens (tertiary/aromatic N) is 4. The van der Waals surface area contributed by atoms with Crippen LogP contribution in [0.3, 0.4) is 0 Å². The number of likely N-dealkylation sites (tertiary alicyclic amines) is 1. The standard InChI is InChI=1S/C16H23N5O3/c1-16(2,3)24-15(23)20-6-4-5-10(8-20)21-12(22)7-11-13(17)18-9-19-14(11)21/h9-10H,4-8H2,1-3H3,(H2,17,18,19)/t10-/m1/s1. The van der Waals surface area contributed by atoms with Crippen LogP contribution in [-0.2, 0) is 16.0 Å². The summed E-state index contributed by atoms with van der Waals surface area (Å²) < 4.78 is 5.44. The molecule has 3 rings (SSSR count). The summed E-state index contributed by atoms with van der Waals surface area (Å²) in [5.74, 6) is 0.868. The number of carbonyl (C=O) groups is 2. The topological polar surface area (TPSA) is 102 Å². The number of carbonyl (C=O) groups excluding carboxylic acids is 2. The van der Waals surface area contributed by atoms with Gasteiger partial charge in [-0.15, -0.1) is 0 Å². The number of piperidine rings is 1. The first-order valence-corrected chi connectivity index (χ1v) is 8.15. The zero-order chi connectivity index (χ0) is 17.5. The molecule has 0 radical (unpaired) electrons. The molecule has 1 saturated heterocycles. The van der Waals surface area contributed by atoms with Crippen molar-refractivity contribution < 1.29 is 14.3 Å². The Hall–Kier alpha value is -2.38. The quantitative estimate of drug-likeness (QED) is 0.832. The van der Waals surface area contributed by atoms with Gasteiger partial charge in [-0.3, -0.25) is 9.69 Å². The molecular formula is C16H23N5O3. The molecule has 0 spiro atoms. The second kappa shape index (κ2) is 5.92. The molecule has 1 aromatic heterocycles. The van der Waals surface area contributed by atoms with Crippen LogP contribution in [0.25, 0.3) is 0 Å². The molecule has 3 heterocycles. The summed E-state index contributed by atoms with van der Waals surface area (Å²) in [5.41, 5.74) is 5.99. The molecule has 0 saturated carbocycles. The first kappa shape index (κ1) is 16.5. The van der Waals surface area contributed by atoms with E-state index in [1.165, 1.54) is 6.33 Å². The lowest BCUT2D eigenvalue weighted by molar-refractivity contribution is -0.118. The van der Waals surface area contributed by atoms with Crippen molar-refractivity contribution in [2.75, 3.05) is 23.7 Å². The number of hydrogen-bond donors (Lipinski definition) is 1. The van der Waals surface area contributed by atoms with Crippen molar-refractivity contribution in [2.24, 2.45) is 0 Å². The summed E-state index contributed by atoms with van der Waals surface area (Å²) >= 11 is 0. The van der Waals surface area contributed by atoms with Crippen LogP contribution in [0.5, 0.6) is 0 Å². The summed E-state index contributed by atoms with van der Waals surface area (Å²) in [7, 11) is 0. The molecule has 0 aromatic carbocycles. The Kier molecular flexibility index (Phi) is 4.06. The van der Waals surface area contributed by atoms with Gasteiger partial charge in [-0.2, -0.15) is 0 Å². The van der Waals surface area contributed by atoms with Gasteiger partial charge in [0.25, 0.3) is 0 Å². The summed E-state index contributed by atoms with van der Waals surface area (Å²) in [6, 6.07) is -0.116. The Labute approximate surface area is 141 Å². The van der Waals surface area contributed by atoms with Gasteiger partial charge >= 0.3 is 6.09 Å². The molecule has 130 valence electrons. The Morgan fingerprint density at radius 3 is 2.83 bits per heavy atom. The highest BCUT2D eigenvalue weighted by Crippen LogP contribution is 2.33. The monoisotopic (exact) mass is 333 g/mol. The lowest BCUT2D eigenvalue weighted by atomic mass is 10.0. The van der Waals surface area contributed by atoms with Crippen LogP contribution in [0.4, 0.5) is 16.4 Å².